The van der Waals surface area contributed by atoms with Crippen molar-refractivity contribution >= 4 is 14.5 Å². The van der Waals surface area contributed by atoms with Crippen molar-refractivity contribution in [1.29, 1.82) is 0 Å². The second kappa shape index (κ2) is 17.2. The highest BCUT2D eigenvalue weighted by Gasteiger charge is 2.29. The molecule has 0 saturated heterocycles. The van der Waals surface area contributed by atoms with E-state index in [2.05, 4.69) is 44.0 Å². The van der Waals surface area contributed by atoms with Crippen LogP contribution in [0.1, 0.15) is 92.4 Å². The second-order valence-corrected chi connectivity index (χ2v) is 10.5. The Morgan fingerprint density at radius 3 is 1.67 bits per heavy atom. The van der Waals surface area contributed by atoms with Gasteiger partial charge in [0.05, 0.1) is 13.2 Å². The predicted octanol–water partition coefficient (Wildman–Crippen LogP) is 8.20. The van der Waals surface area contributed by atoms with Crippen molar-refractivity contribution in [2.75, 3.05) is 13.2 Å². The van der Waals surface area contributed by atoms with Gasteiger partial charge in [0.1, 0.15) is 0 Å². The molecule has 0 fully saturated rings. The summed E-state index contributed by atoms with van der Waals surface area (Å²) in [5.41, 5.74) is 0. The lowest BCUT2D eigenvalue weighted by Gasteiger charge is -2.35. The fourth-order valence-electron chi connectivity index (χ4n) is 3.55. The van der Waals surface area contributed by atoms with Gasteiger partial charge in [-0.3, -0.25) is 4.79 Å². The molecule has 0 aliphatic heterocycles. The first-order valence-corrected chi connectivity index (χ1v) is 13.7. The molecule has 36 heavy (non-hydrogen) atoms. The van der Waals surface area contributed by atoms with Gasteiger partial charge < -0.3 is 13.8 Å². The molecule has 0 saturated carbocycles. The van der Waals surface area contributed by atoms with Gasteiger partial charge in [0.2, 0.25) is 34.8 Å². The van der Waals surface area contributed by atoms with Gasteiger partial charge >= 0.3 is 5.97 Å². The van der Waals surface area contributed by atoms with Gasteiger partial charge in [-0.1, -0.05) is 39.0 Å². The SMILES string of the molecule is CCCOP(OCCCCCCCCCC(=O)Oc1c(F)c(F)c(F)c(F)c1F)N(C(C)C)C(C)C. The molecule has 0 spiro atoms. The van der Waals surface area contributed by atoms with Crippen LogP contribution in [-0.4, -0.2) is 35.9 Å². The van der Waals surface area contributed by atoms with Gasteiger partial charge in [-0.25, -0.2) is 17.8 Å². The Bertz CT molecular complexity index is 776. The zero-order valence-electron chi connectivity index (χ0n) is 21.9. The van der Waals surface area contributed by atoms with Crippen molar-refractivity contribution in [3.63, 3.8) is 0 Å². The highest BCUT2D eigenvalue weighted by molar-refractivity contribution is 7.44. The number of nitrogens with zero attached hydrogens (tertiary/aromatic N) is 1. The minimum Gasteiger partial charge on any atom is -0.420 e. The minimum absolute atomic E-state index is 0.184. The lowest BCUT2D eigenvalue weighted by molar-refractivity contribution is -0.135. The summed E-state index contributed by atoms with van der Waals surface area (Å²) >= 11 is 0. The lowest BCUT2D eigenvalue weighted by atomic mass is 10.1. The molecule has 1 rings (SSSR count). The molecule has 1 aromatic rings. The van der Waals surface area contributed by atoms with Crippen LogP contribution in [0.25, 0.3) is 0 Å². The summed E-state index contributed by atoms with van der Waals surface area (Å²) < 4.78 is 85.3. The minimum atomic E-state index is -2.30. The van der Waals surface area contributed by atoms with E-state index in [1.165, 1.54) is 0 Å². The van der Waals surface area contributed by atoms with E-state index in [4.69, 9.17) is 9.05 Å². The Morgan fingerprint density at radius 2 is 1.17 bits per heavy atom. The fraction of sp³-hybridized carbons (Fsp3) is 0.720. The molecule has 1 unspecified atom stereocenters. The maximum Gasteiger partial charge on any atom is 0.311 e. The monoisotopic (exact) mass is 543 g/mol. The molecule has 0 N–H and O–H groups in total. The Labute approximate surface area is 212 Å². The number of benzene rings is 1. The molecule has 0 aliphatic carbocycles. The van der Waals surface area contributed by atoms with Crippen molar-refractivity contribution in [2.24, 2.45) is 0 Å². The summed E-state index contributed by atoms with van der Waals surface area (Å²) in [6.07, 6.45) is 6.49. The Morgan fingerprint density at radius 1 is 0.722 bits per heavy atom. The van der Waals surface area contributed by atoms with E-state index in [1.54, 1.807) is 0 Å². The van der Waals surface area contributed by atoms with Crippen LogP contribution in [0, 0.1) is 29.1 Å². The van der Waals surface area contributed by atoms with E-state index in [9.17, 15) is 26.7 Å². The molecule has 0 aliphatic rings. The number of carbonyl (C=O) groups excluding carboxylic acids is 1. The predicted molar refractivity (Wildman–Crippen MR) is 130 cm³/mol. The third kappa shape index (κ3) is 10.6. The Kier molecular flexibility index (Phi) is 15.6. The van der Waals surface area contributed by atoms with Gasteiger partial charge in [0.15, 0.2) is 0 Å². The largest absolute Gasteiger partial charge is 0.420 e. The van der Waals surface area contributed by atoms with Crippen molar-refractivity contribution < 1.29 is 40.5 Å². The number of hydrogen-bond donors (Lipinski definition) is 0. The van der Waals surface area contributed by atoms with E-state index in [0.29, 0.717) is 38.1 Å². The lowest BCUT2D eigenvalue weighted by Crippen LogP contribution is -2.33. The molecular formula is C25H39F5NO4P. The highest BCUT2D eigenvalue weighted by atomic mass is 31.2. The summed E-state index contributed by atoms with van der Waals surface area (Å²) in [5, 5.41) is 0. The normalized spacial score (nSPS) is 12.7. The van der Waals surface area contributed by atoms with Crippen LogP contribution >= 0.6 is 8.53 Å². The standard InChI is InChI=1S/C25H39F5NO4P/c1-6-15-33-36(31(17(2)3)18(4)5)34-16-13-11-9-7-8-10-12-14-19(32)35-25-23(29)21(27)20(26)22(28)24(25)30/h17-18H,6-16H2,1-5H3. The molecule has 1 aromatic carbocycles. The van der Waals surface area contributed by atoms with E-state index in [1.807, 2.05) is 0 Å². The summed E-state index contributed by atoms with van der Waals surface area (Å²) in [7, 11) is -1.09. The first-order valence-electron chi connectivity index (χ1n) is 12.6. The fourth-order valence-corrected chi connectivity index (χ4v) is 5.27. The van der Waals surface area contributed by atoms with Crippen molar-refractivity contribution in [2.45, 2.75) is 104 Å². The summed E-state index contributed by atoms with van der Waals surface area (Å²) in [5.74, 6) is -13.5. The average Bonchev–Trinajstić information content (AvgIpc) is 2.83. The topological polar surface area (TPSA) is 48.0 Å². The third-order valence-electron chi connectivity index (χ3n) is 5.26. The summed E-state index contributed by atoms with van der Waals surface area (Å²) in [6, 6.07) is 0.641. The van der Waals surface area contributed by atoms with Crippen LogP contribution in [0.4, 0.5) is 22.0 Å². The van der Waals surface area contributed by atoms with E-state index in [0.717, 1.165) is 38.5 Å². The highest BCUT2D eigenvalue weighted by Crippen LogP contribution is 2.46. The van der Waals surface area contributed by atoms with E-state index >= 15 is 0 Å². The first-order chi connectivity index (χ1) is 17.0. The third-order valence-corrected chi connectivity index (χ3v) is 7.37. The number of ether oxygens (including phenoxy) is 1. The van der Waals surface area contributed by atoms with Crippen LogP contribution in [0.3, 0.4) is 0 Å². The van der Waals surface area contributed by atoms with Crippen LogP contribution in [0.15, 0.2) is 0 Å². The quantitative estimate of drug-likeness (QED) is 0.0355. The Balaban J connectivity index is 2.25. The van der Waals surface area contributed by atoms with Crippen molar-refractivity contribution in [3.05, 3.63) is 29.1 Å². The number of halogens is 5. The van der Waals surface area contributed by atoms with Crippen LogP contribution in [-0.2, 0) is 13.8 Å². The molecule has 0 aromatic heterocycles. The molecule has 1 atom stereocenters. The number of unbranched alkanes of at least 4 members (excludes halogenated alkanes) is 6. The molecule has 208 valence electrons. The van der Waals surface area contributed by atoms with Gasteiger partial charge in [0, 0.05) is 18.5 Å². The summed E-state index contributed by atoms with van der Waals surface area (Å²) in [4.78, 5) is 11.8. The van der Waals surface area contributed by atoms with E-state index in [-0.39, 0.29) is 6.42 Å². The number of hydrogen-bond acceptors (Lipinski definition) is 5. The molecule has 0 amide bonds. The molecule has 0 radical (unpaired) electrons. The summed E-state index contributed by atoms with van der Waals surface area (Å²) in [6.45, 7) is 11.9. The van der Waals surface area contributed by atoms with Gasteiger partial charge in [-0.05, 0) is 47.0 Å². The van der Waals surface area contributed by atoms with Crippen LogP contribution < -0.4 is 4.74 Å². The molecule has 0 heterocycles. The van der Waals surface area contributed by atoms with Crippen molar-refractivity contribution in [1.82, 2.24) is 4.67 Å². The number of rotatable bonds is 18. The molecule has 11 heteroatoms. The van der Waals surface area contributed by atoms with Crippen LogP contribution in [0.5, 0.6) is 5.75 Å². The Hall–Kier alpha value is -1.35. The average molecular weight is 544 g/mol. The molecule has 5 nitrogen and oxygen atoms in total. The smallest absolute Gasteiger partial charge is 0.311 e. The maximum atomic E-state index is 13.6. The van der Waals surface area contributed by atoms with E-state index < -0.39 is 49.3 Å². The van der Waals surface area contributed by atoms with Gasteiger partial charge in [-0.2, -0.15) is 8.78 Å². The van der Waals surface area contributed by atoms with Crippen LogP contribution in [0.2, 0.25) is 0 Å². The van der Waals surface area contributed by atoms with Gasteiger partial charge in [0.25, 0.3) is 8.53 Å². The molecular weight excluding hydrogens is 504 g/mol. The first kappa shape index (κ1) is 32.7. The zero-order chi connectivity index (χ0) is 27.3. The number of carbonyl (C=O) groups is 1. The maximum absolute atomic E-state index is 13.6. The zero-order valence-corrected chi connectivity index (χ0v) is 22.7. The second-order valence-electron chi connectivity index (χ2n) is 9.07. The van der Waals surface area contributed by atoms with Crippen molar-refractivity contribution in [3.8, 4) is 5.75 Å². The van der Waals surface area contributed by atoms with Gasteiger partial charge in [-0.15, -0.1) is 0 Å². The number of esters is 1. The molecule has 0 bridgehead atoms.